The highest BCUT2D eigenvalue weighted by Crippen LogP contribution is 2.55. The zero-order chi connectivity index (χ0) is 42.9. The summed E-state index contributed by atoms with van der Waals surface area (Å²) in [7, 11) is -9.12. The molecule has 19 heteroatoms. The van der Waals surface area contributed by atoms with E-state index in [-0.39, 0.29) is 26.1 Å². The Kier molecular flexibility index (Phi) is 10.2. The number of aromatic carboxylic acids is 1. The summed E-state index contributed by atoms with van der Waals surface area (Å²) in [6.07, 6.45) is 5.85. The van der Waals surface area contributed by atoms with Crippen LogP contribution >= 0.6 is 46.6 Å². The van der Waals surface area contributed by atoms with Crippen molar-refractivity contribution >= 4 is 101 Å². The van der Waals surface area contributed by atoms with Gasteiger partial charge in [-0.3, -0.25) is 13.9 Å². The highest BCUT2D eigenvalue weighted by Gasteiger charge is 2.44. The molecular weight excluding hydrogens is 887 g/mol. The number of aliphatic carboxylic acids is 1. The Morgan fingerprint density at radius 1 is 0.847 bits per heavy atom. The van der Waals surface area contributed by atoms with E-state index in [1.165, 1.54) is 0 Å². The fourth-order valence-electron chi connectivity index (χ4n) is 9.45. The third kappa shape index (κ3) is 7.06. The van der Waals surface area contributed by atoms with E-state index in [2.05, 4.69) is 9.48 Å². The predicted molar refractivity (Wildman–Crippen MR) is 228 cm³/mol. The summed E-state index contributed by atoms with van der Waals surface area (Å²) >= 11 is 21.5. The number of anilines is 1. The maximum atomic E-state index is 13.4. The van der Waals surface area contributed by atoms with E-state index in [0.717, 1.165) is 11.8 Å². The van der Waals surface area contributed by atoms with E-state index < -0.39 is 71.1 Å². The third-order valence-corrected chi connectivity index (χ3v) is 15.4. The molecule has 0 spiro atoms. The number of halogens is 3. The molecule has 0 aromatic heterocycles. The fraction of sp³-hybridized carbons (Fsp3) is 0.375. The molecule has 8 rings (SSSR count). The number of hydrogen-bond donors (Lipinski definition) is 4. The molecule has 0 saturated carbocycles. The molecule has 3 aromatic rings. The van der Waals surface area contributed by atoms with Crippen molar-refractivity contribution in [1.29, 1.82) is 0 Å². The maximum absolute atomic E-state index is 13.4. The predicted octanol–water partition coefficient (Wildman–Crippen LogP) is 6.19. The van der Waals surface area contributed by atoms with Crippen LogP contribution in [0.2, 0.25) is 15.1 Å². The molecule has 0 bridgehead atoms. The highest BCUT2D eigenvalue weighted by atomic mass is 35.5. The van der Waals surface area contributed by atoms with Crippen molar-refractivity contribution in [2.75, 3.05) is 35.2 Å². The number of ether oxygens (including phenoxy) is 1. The van der Waals surface area contributed by atoms with Gasteiger partial charge in [0.1, 0.15) is 29.5 Å². The van der Waals surface area contributed by atoms with Gasteiger partial charge in [-0.15, -0.1) is 11.8 Å². The van der Waals surface area contributed by atoms with E-state index in [1.807, 2.05) is 27.7 Å². The SMILES string of the molecule is CC1(C)C=C(CS(=O)(=O)O)c2cc3c(c4c2N1CCC4)Oc1c2c4c(cc1=C3c1c(Cl)c(SCC(=O)O)c(Cl)c(Cl)c1C(=O)O)C(CS(=O)(=O)O)=CC(C)(C)[N+]=4CCC2. The summed E-state index contributed by atoms with van der Waals surface area (Å²) in [5.74, 6) is -3.95. The summed E-state index contributed by atoms with van der Waals surface area (Å²) in [5, 5.41) is 20.6. The van der Waals surface area contributed by atoms with Gasteiger partial charge in [0.15, 0.2) is 5.54 Å². The first-order chi connectivity index (χ1) is 27.4. The van der Waals surface area contributed by atoms with Crippen LogP contribution in [0.25, 0.3) is 16.7 Å². The van der Waals surface area contributed by atoms with E-state index in [9.17, 15) is 45.7 Å². The smallest absolute Gasteiger partial charge is 0.337 e. The van der Waals surface area contributed by atoms with Crippen LogP contribution < -0.4 is 24.8 Å². The molecule has 0 amide bonds. The zero-order valence-electron chi connectivity index (χ0n) is 32.1. The fourth-order valence-corrected chi connectivity index (χ4v) is 12.6. The number of nitrogens with zero attached hydrogens (tertiary/aromatic N) is 2. The average Bonchev–Trinajstić information content (AvgIpc) is 3.11. The van der Waals surface area contributed by atoms with E-state index in [0.29, 0.717) is 105 Å². The normalized spacial score (nSPS) is 18.5. The summed E-state index contributed by atoms with van der Waals surface area (Å²) in [6, 6.07) is 3.36. The molecule has 0 radical (unpaired) electrons. The first-order valence-corrected chi connectivity index (χ1v) is 23.9. The summed E-state index contributed by atoms with van der Waals surface area (Å²) < 4.78 is 79.8. The van der Waals surface area contributed by atoms with Gasteiger partial charge in [-0.2, -0.15) is 16.8 Å². The second-order valence-electron chi connectivity index (χ2n) is 16.4. The third-order valence-electron chi connectivity index (χ3n) is 11.5. The van der Waals surface area contributed by atoms with Crippen LogP contribution in [0.5, 0.6) is 11.5 Å². The Hall–Kier alpha value is -3.61. The monoisotopic (exact) mass is 923 g/mol. The lowest BCUT2D eigenvalue weighted by atomic mass is 9.78. The number of benzene rings is 3. The van der Waals surface area contributed by atoms with Gasteiger partial charge < -0.3 is 19.8 Å². The number of rotatable bonds is 9. The van der Waals surface area contributed by atoms with Gasteiger partial charge in [0.25, 0.3) is 20.2 Å². The van der Waals surface area contributed by atoms with Crippen molar-refractivity contribution in [2.24, 2.45) is 0 Å². The van der Waals surface area contributed by atoms with Crippen LogP contribution in [0.1, 0.15) is 84.3 Å². The summed E-state index contributed by atoms with van der Waals surface area (Å²) in [4.78, 5) is 27.4. The topological polar surface area (TPSA) is 199 Å². The quantitative estimate of drug-likeness (QED) is 0.0642. The Morgan fingerprint density at radius 3 is 2.12 bits per heavy atom. The lowest BCUT2D eigenvalue weighted by molar-refractivity contribution is -0.133. The molecule has 0 saturated heterocycles. The van der Waals surface area contributed by atoms with Crippen molar-refractivity contribution in [3.8, 4) is 11.5 Å². The van der Waals surface area contributed by atoms with E-state index in [1.54, 1.807) is 24.3 Å². The molecule has 0 unspecified atom stereocenters. The van der Waals surface area contributed by atoms with Crippen LogP contribution in [0.15, 0.2) is 29.2 Å². The van der Waals surface area contributed by atoms with Crippen molar-refractivity contribution in [2.45, 2.75) is 69.4 Å². The number of hydrogen-bond acceptors (Lipinski definition) is 9. The minimum atomic E-state index is -4.56. The molecule has 4 N–H and O–H groups in total. The van der Waals surface area contributed by atoms with Crippen LogP contribution in [-0.2, 0) is 37.9 Å². The molecule has 0 atom stereocenters. The van der Waals surface area contributed by atoms with Crippen molar-refractivity contribution in [3.05, 3.63) is 88.9 Å². The van der Waals surface area contributed by atoms with Crippen LogP contribution in [0.4, 0.5) is 5.69 Å². The zero-order valence-corrected chi connectivity index (χ0v) is 36.8. The summed E-state index contributed by atoms with van der Waals surface area (Å²) in [5.41, 5.74) is 2.08. The maximum Gasteiger partial charge on any atom is 0.337 e. The lowest BCUT2D eigenvalue weighted by Crippen LogP contribution is -2.53. The molecule has 3 aromatic carbocycles. The largest absolute Gasteiger partial charge is 0.481 e. The van der Waals surface area contributed by atoms with Gasteiger partial charge in [0.2, 0.25) is 5.36 Å². The minimum absolute atomic E-state index is 0.00110. The van der Waals surface area contributed by atoms with Crippen molar-refractivity contribution in [3.63, 3.8) is 0 Å². The van der Waals surface area contributed by atoms with Gasteiger partial charge >= 0.3 is 11.9 Å². The second kappa shape index (κ2) is 14.2. The second-order valence-corrected chi connectivity index (χ2v) is 21.4. The summed E-state index contributed by atoms with van der Waals surface area (Å²) in [6.45, 7) is 9.00. The number of carbonyl (C=O) groups is 2. The average molecular weight is 925 g/mol. The van der Waals surface area contributed by atoms with Crippen molar-refractivity contribution in [1.82, 2.24) is 4.58 Å². The molecule has 5 aliphatic heterocycles. The van der Waals surface area contributed by atoms with Crippen LogP contribution in [0, 0.1) is 0 Å². The Balaban J connectivity index is 1.61. The number of carboxylic acid groups (broad SMARTS) is 2. The van der Waals surface area contributed by atoms with Gasteiger partial charge in [0, 0.05) is 64.8 Å². The minimum Gasteiger partial charge on any atom is -0.481 e. The van der Waals surface area contributed by atoms with Crippen LogP contribution in [0.3, 0.4) is 0 Å². The molecule has 5 aliphatic rings. The molecule has 13 nitrogen and oxygen atoms in total. The van der Waals surface area contributed by atoms with Crippen molar-refractivity contribution < 1.29 is 50.5 Å². The molecule has 0 aliphatic carbocycles. The Labute approximate surface area is 359 Å². The first-order valence-electron chi connectivity index (χ1n) is 18.5. The molecular formula is C40H38Cl3N2O11S3+. The molecule has 312 valence electrons. The van der Waals surface area contributed by atoms with Gasteiger partial charge in [-0.05, 0) is 62.5 Å². The lowest BCUT2D eigenvalue weighted by Gasteiger charge is -2.47. The molecule has 0 fully saturated rings. The standard InChI is InChI=1S/C40H37Cl3N2O11S3/c1-39(2)13-18(16-58(50,51)52)22-11-24-27(28-29(38(48)49)30(41)32(43)37(31(28)42)57-15-26(46)47)25-12-23-19(17-59(53,54)55)14-40(3,4)45-10-6-8-21(34(23)45)36(25)56-35(24)20-7-5-9-44(39)33(20)22/h11-14H,5-10,15-17H2,1-4H3,(H3-,46,47,48,49,50,51,52,53,54,55)/p+1. The number of carboxylic acids is 2. The number of thioether (sulfide) groups is 1. The Bertz CT molecular complexity index is 2920. The highest BCUT2D eigenvalue weighted by molar-refractivity contribution is 8.00. The Morgan fingerprint density at radius 2 is 1.49 bits per heavy atom. The first kappa shape index (κ1) is 42.1. The van der Waals surface area contributed by atoms with Gasteiger partial charge in [-0.25, -0.2) is 9.37 Å². The van der Waals surface area contributed by atoms with Gasteiger partial charge in [-0.1, -0.05) is 40.9 Å². The van der Waals surface area contributed by atoms with Crippen LogP contribution in [-0.4, -0.2) is 89.5 Å². The molecule has 5 heterocycles. The van der Waals surface area contributed by atoms with Gasteiger partial charge in [0.05, 0.1) is 48.7 Å². The van der Waals surface area contributed by atoms with E-state index >= 15 is 0 Å². The molecule has 59 heavy (non-hydrogen) atoms. The van der Waals surface area contributed by atoms with E-state index in [4.69, 9.17) is 39.5 Å². The number of fused-ring (bicyclic) bond motifs is 4.